The van der Waals surface area contributed by atoms with Crippen molar-refractivity contribution in [3.8, 4) is 0 Å². The molecule has 0 aliphatic rings. The Labute approximate surface area is 104 Å². The van der Waals surface area contributed by atoms with E-state index in [0.717, 1.165) is 24.3 Å². The number of benzene rings is 1. The lowest BCUT2D eigenvalue weighted by Crippen LogP contribution is -2.05. The van der Waals surface area contributed by atoms with Gasteiger partial charge in [-0.2, -0.15) is 0 Å². The minimum Gasteiger partial charge on any atom is -0.454 e. The standard InChI is InChI=1S/C11H11NO5S/c1-3-8-17-9(2)18(15,16)11-6-4-10(5-7-11)12(13)14/h3-8H,2H2,1H3/b8-3-. The van der Waals surface area contributed by atoms with E-state index in [4.69, 9.17) is 4.74 Å². The van der Waals surface area contributed by atoms with Crippen LogP contribution in [-0.2, 0) is 14.6 Å². The molecule has 0 aliphatic heterocycles. The number of sulfone groups is 1. The Morgan fingerprint density at radius 2 is 1.94 bits per heavy atom. The van der Waals surface area contributed by atoms with Crippen molar-refractivity contribution < 1.29 is 18.1 Å². The second kappa shape index (κ2) is 5.46. The molecule has 18 heavy (non-hydrogen) atoms. The summed E-state index contributed by atoms with van der Waals surface area (Å²) in [4.78, 5) is 9.72. The average molecular weight is 269 g/mol. The summed E-state index contributed by atoms with van der Waals surface area (Å²) < 4.78 is 28.6. The first-order chi connectivity index (χ1) is 8.39. The Hall–Kier alpha value is -2.15. The number of hydrogen-bond donors (Lipinski definition) is 0. The Balaban J connectivity index is 3.06. The summed E-state index contributed by atoms with van der Waals surface area (Å²) in [5.74, 6) is 0. The highest BCUT2D eigenvalue weighted by Gasteiger charge is 2.20. The fourth-order valence-electron chi connectivity index (χ4n) is 1.09. The molecule has 0 heterocycles. The molecule has 0 N–H and O–H groups in total. The van der Waals surface area contributed by atoms with Crippen molar-refractivity contribution in [3.05, 3.63) is 58.4 Å². The van der Waals surface area contributed by atoms with E-state index < -0.39 is 19.9 Å². The van der Waals surface area contributed by atoms with Crippen molar-refractivity contribution in [3.63, 3.8) is 0 Å². The first-order valence-electron chi connectivity index (χ1n) is 4.86. The molecule has 0 aliphatic carbocycles. The second-order valence-electron chi connectivity index (χ2n) is 3.21. The van der Waals surface area contributed by atoms with Gasteiger partial charge in [0.2, 0.25) is 14.9 Å². The van der Waals surface area contributed by atoms with Gasteiger partial charge < -0.3 is 4.74 Å². The molecule has 0 atom stereocenters. The normalized spacial score (nSPS) is 11.4. The van der Waals surface area contributed by atoms with E-state index in [1.54, 1.807) is 6.92 Å². The highest BCUT2D eigenvalue weighted by atomic mass is 32.2. The minimum absolute atomic E-state index is 0.109. The summed E-state index contributed by atoms with van der Waals surface area (Å²) in [6, 6.07) is 4.49. The third-order valence-corrected chi connectivity index (χ3v) is 3.58. The number of non-ortho nitro benzene ring substituents is 1. The van der Waals surface area contributed by atoms with E-state index in [0.29, 0.717) is 0 Å². The first kappa shape index (κ1) is 13.9. The number of nitrogens with zero attached hydrogens (tertiary/aromatic N) is 1. The monoisotopic (exact) mass is 269 g/mol. The van der Waals surface area contributed by atoms with Gasteiger partial charge in [0.15, 0.2) is 0 Å². The Kier molecular flexibility index (Phi) is 4.22. The molecular formula is C11H11NO5S. The summed E-state index contributed by atoms with van der Waals surface area (Å²) in [6.07, 6.45) is 2.70. The van der Waals surface area contributed by atoms with Crippen LogP contribution in [0.2, 0.25) is 0 Å². The minimum atomic E-state index is -3.84. The van der Waals surface area contributed by atoms with Gasteiger partial charge >= 0.3 is 0 Å². The predicted molar refractivity (Wildman–Crippen MR) is 65.3 cm³/mol. The topological polar surface area (TPSA) is 86.5 Å². The van der Waals surface area contributed by atoms with Gasteiger partial charge in [-0.05, 0) is 25.6 Å². The fraction of sp³-hybridized carbons (Fsp3) is 0.0909. The molecule has 0 saturated carbocycles. The molecule has 0 saturated heterocycles. The van der Waals surface area contributed by atoms with Crippen molar-refractivity contribution in [1.82, 2.24) is 0 Å². The largest absolute Gasteiger partial charge is 0.454 e. The second-order valence-corrected chi connectivity index (χ2v) is 5.15. The predicted octanol–water partition coefficient (Wildman–Crippen LogP) is 2.39. The SMILES string of the molecule is C=C(O/C=C\C)S(=O)(=O)c1ccc([N+](=O)[O-])cc1. The van der Waals surface area contributed by atoms with Gasteiger partial charge in [0.25, 0.3) is 5.69 Å². The van der Waals surface area contributed by atoms with Crippen LogP contribution in [0.3, 0.4) is 0 Å². The van der Waals surface area contributed by atoms with Crippen LogP contribution < -0.4 is 0 Å². The molecule has 1 aromatic carbocycles. The lowest BCUT2D eigenvalue weighted by Gasteiger charge is -2.05. The van der Waals surface area contributed by atoms with E-state index in [1.165, 1.54) is 12.3 Å². The number of ether oxygens (including phenoxy) is 1. The van der Waals surface area contributed by atoms with Crippen molar-refractivity contribution in [2.45, 2.75) is 11.8 Å². The van der Waals surface area contributed by atoms with Crippen LogP contribution in [0.25, 0.3) is 0 Å². The molecule has 0 spiro atoms. The number of hydrogen-bond acceptors (Lipinski definition) is 5. The molecule has 0 aromatic heterocycles. The summed E-state index contributed by atoms with van der Waals surface area (Å²) >= 11 is 0. The van der Waals surface area contributed by atoms with E-state index in [2.05, 4.69) is 6.58 Å². The fourth-order valence-corrected chi connectivity index (χ4v) is 2.03. The van der Waals surface area contributed by atoms with E-state index >= 15 is 0 Å². The molecular weight excluding hydrogens is 258 g/mol. The van der Waals surface area contributed by atoms with Gasteiger partial charge in [-0.25, -0.2) is 8.42 Å². The van der Waals surface area contributed by atoms with Crippen LogP contribution >= 0.6 is 0 Å². The summed E-state index contributed by atoms with van der Waals surface area (Å²) in [6.45, 7) is 4.96. The molecule has 1 rings (SSSR count). The highest BCUT2D eigenvalue weighted by molar-refractivity contribution is 7.95. The van der Waals surface area contributed by atoms with E-state index in [-0.39, 0.29) is 10.6 Å². The first-order valence-corrected chi connectivity index (χ1v) is 6.34. The molecule has 96 valence electrons. The number of nitro benzene ring substituents is 1. The maximum Gasteiger partial charge on any atom is 0.269 e. The maximum atomic E-state index is 11.9. The van der Waals surface area contributed by atoms with Gasteiger partial charge in [0.05, 0.1) is 16.1 Å². The lowest BCUT2D eigenvalue weighted by atomic mass is 10.3. The van der Waals surface area contributed by atoms with Crippen LogP contribution in [-0.4, -0.2) is 13.3 Å². The number of nitro groups is 1. The lowest BCUT2D eigenvalue weighted by molar-refractivity contribution is -0.384. The van der Waals surface area contributed by atoms with Crippen molar-refractivity contribution in [1.29, 1.82) is 0 Å². The molecule has 6 nitrogen and oxygen atoms in total. The molecule has 0 radical (unpaired) electrons. The van der Waals surface area contributed by atoms with Crippen LogP contribution in [0.5, 0.6) is 0 Å². The van der Waals surface area contributed by atoms with Gasteiger partial charge in [-0.1, -0.05) is 6.08 Å². The van der Waals surface area contributed by atoms with Crippen LogP contribution in [0.1, 0.15) is 6.92 Å². The zero-order valence-electron chi connectivity index (χ0n) is 9.57. The van der Waals surface area contributed by atoms with Gasteiger partial charge in [0, 0.05) is 12.1 Å². The smallest absolute Gasteiger partial charge is 0.269 e. The Morgan fingerprint density at radius 3 is 2.39 bits per heavy atom. The Bertz CT molecular complexity index is 586. The van der Waals surface area contributed by atoms with Gasteiger partial charge in [0.1, 0.15) is 0 Å². The maximum absolute atomic E-state index is 11.9. The third kappa shape index (κ3) is 2.95. The van der Waals surface area contributed by atoms with Crippen LogP contribution in [0, 0.1) is 10.1 Å². The van der Waals surface area contributed by atoms with Crippen molar-refractivity contribution in [2.24, 2.45) is 0 Å². The summed E-state index contributed by atoms with van der Waals surface area (Å²) in [7, 11) is -3.84. The quantitative estimate of drug-likeness (QED) is 0.465. The van der Waals surface area contributed by atoms with Crippen LogP contribution in [0.4, 0.5) is 5.69 Å². The highest BCUT2D eigenvalue weighted by Crippen LogP contribution is 2.21. The molecule has 0 unspecified atom stereocenters. The van der Waals surface area contributed by atoms with E-state index in [9.17, 15) is 18.5 Å². The average Bonchev–Trinajstić information content (AvgIpc) is 2.35. The molecule has 0 amide bonds. The zero-order chi connectivity index (χ0) is 13.8. The van der Waals surface area contributed by atoms with Gasteiger partial charge in [-0.15, -0.1) is 0 Å². The summed E-state index contributed by atoms with van der Waals surface area (Å²) in [5.41, 5.74) is -0.186. The van der Waals surface area contributed by atoms with E-state index in [1.807, 2.05) is 0 Å². The zero-order valence-corrected chi connectivity index (χ0v) is 10.4. The number of allylic oxidation sites excluding steroid dienone is 1. The van der Waals surface area contributed by atoms with Gasteiger partial charge in [-0.3, -0.25) is 10.1 Å². The Morgan fingerprint density at radius 1 is 1.39 bits per heavy atom. The molecule has 0 bridgehead atoms. The third-order valence-electron chi connectivity index (χ3n) is 1.99. The molecule has 7 heteroatoms. The van der Waals surface area contributed by atoms with Crippen molar-refractivity contribution in [2.75, 3.05) is 0 Å². The number of rotatable bonds is 5. The van der Waals surface area contributed by atoms with Crippen molar-refractivity contribution >= 4 is 15.5 Å². The summed E-state index contributed by atoms with van der Waals surface area (Å²) in [5, 5.41) is 10.0. The molecule has 1 aromatic rings. The van der Waals surface area contributed by atoms with Crippen LogP contribution in [0.15, 0.2) is 53.2 Å². The molecule has 0 fully saturated rings.